The van der Waals surface area contributed by atoms with E-state index in [1.165, 1.54) is 0 Å². The number of carbonyl (C=O) groups excluding carboxylic acids is 1. The minimum absolute atomic E-state index is 0.0130. The fourth-order valence-electron chi connectivity index (χ4n) is 1.59. The van der Waals surface area contributed by atoms with Crippen molar-refractivity contribution in [2.24, 2.45) is 28.1 Å². The second-order valence-corrected chi connectivity index (χ2v) is 3.55. The highest BCUT2D eigenvalue weighted by Gasteiger charge is 2.25. The molecule has 1 fully saturated rings. The summed E-state index contributed by atoms with van der Waals surface area (Å²) in [6.07, 6.45) is 1.58. The Morgan fingerprint density at radius 2 is 2.07 bits per heavy atom. The van der Waals surface area contributed by atoms with E-state index in [-0.39, 0.29) is 23.7 Å². The molecule has 15 heavy (non-hydrogen) atoms. The van der Waals surface area contributed by atoms with Gasteiger partial charge in [0.15, 0.2) is 5.96 Å². The Hall–Kier alpha value is -1.79. The van der Waals surface area contributed by atoms with Crippen LogP contribution < -0.4 is 17.2 Å². The van der Waals surface area contributed by atoms with Crippen LogP contribution in [0.15, 0.2) is 4.99 Å². The van der Waals surface area contributed by atoms with Gasteiger partial charge in [-0.2, -0.15) is 4.99 Å². The molecule has 0 aromatic carbocycles. The predicted octanol–water partition coefficient (Wildman–Crippen LogP) is -1.61. The Labute approximate surface area is 87.8 Å². The number of nitrogens with two attached hydrogens (primary N) is 3. The van der Waals surface area contributed by atoms with Crippen LogP contribution in [0.5, 0.6) is 0 Å². The molecule has 1 saturated heterocycles. The standard InChI is InChI=1S/C8H16N6O/c9-6(15)5-2-1-3-14(4-5)8(12)13-7(10)11/h5H,1-4H2,(H2,9,15)(H5,10,11,12,13). The van der Waals surface area contributed by atoms with Gasteiger partial charge in [0.1, 0.15) is 0 Å². The van der Waals surface area contributed by atoms with Crippen LogP contribution in [0.2, 0.25) is 0 Å². The van der Waals surface area contributed by atoms with E-state index < -0.39 is 0 Å². The van der Waals surface area contributed by atoms with Crippen molar-refractivity contribution in [1.29, 1.82) is 5.41 Å². The van der Waals surface area contributed by atoms with Crippen molar-refractivity contribution in [1.82, 2.24) is 4.90 Å². The number of rotatable bonds is 1. The average Bonchev–Trinajstić information content (AvgIpc) is 2.17. The summed E-state index contributed by atoms with van der Waals surface area (Å²) in [5.74, 6) is -0.715. The smallest absolute Gasteiger partial charge is 0.222 e. The molecule has 7 nitrogen and oxygen atoms in total. The minimum Gasteiger partial charge on any atom is -0.370 e. The first-order valence-electron chi connectivity index (χ1n) is 4.73. The zero-order chi connectivity index (χ0) is 11.4. The van der Waals surface area contributed by atoms with E-state index >= 15 is 0 Å². The van der Waals surface area contributed by atoms with Crippen LogP contribution in [-0.4, -0.2) is 35.8 Å². The van der Waals surface area contributed by atoms with Crippen LogP contribution in [0.25, 0.3) is 0 Å². The Morgan fingerprint density at radius 3 is 2.60 bits per heavy atom. The molecule has 1 heterocycles. The largest absolute Gasteiger partial charge is 0.370 e. The van der Waals surface area contributed by atoms with Crippen molar-refractivity contribution in [3.8, 4) is 0 Å². The number of guanidine groups is 2. The molecule has 1 rings (SSSR count). The lowest BCUT2D eigenvalue weighted by molar-refractivity contribution is -0.122. The molecular formula is C8H16N6O. The van der Waals surface area contributed by atoms with Crippen molar-refractivity contribution >= 4 is 17.8 Å². The topological polar surface area (TPSA) is 135 Å². The van der Waals surface area contributed by atoms with Crippen molar-refractivity contribution < 1.29 is 4.79 Å². The number of likely N-dealkylation sites (tertiary alicyclic amines) is 1. The summed E-state index contributed by atoms with van der Waals surface area (Å²) in [7, 11) is 0. The summed E-state index contributed by atoms with van der Waals surface area (Å²) in [6.45, 7) is 1.10. The maximum atomic E-state index is 11.0. The summed E-state index contributed by atoms with van der Waals surface area (Å²) in [6, 6.07) is 0. The molecule has 0 bridgehead atoms. The van der Waals surface area contributed by atoms with Gasteiger partial charge in [-0.3, -0.25) is 10.2 Å². The number of piperidine rings is 1. The summed E-state index contributed by atoms with van der Waals surface area (Å²) in [4.78, 5) is 16.3. The number of nitrogens with zero attached hydrogens (tertiary/aromatic N) is 2. The van der Waals surface area contributed by atoms with Gasteiger partial charge in [-0.15, -0.1) is 0 Å². The molecule has 7 N–H and O–H groups in total. The Morgan fingerprint density at radius 1 is 1.40 bits per heavy atom. The van der Waals surface area contributed by atoms with Gasteiger partial charge in [0.25, 0.3) is 0 Å². The first-order valence-corrected chi connectivity index (χ1v) is 4.73. The van der Waals surface area contributed by atoms with Gasteiger partial charge < -0.3 is 22.1 Å². The number of aliphatic imine (C=N–C) groups is 1. The molecule has 1 aliphatic heterocycles. The molecule has 7 heteroatoms. The van der Waals surface area contributed by atoms with Crippen molar-refractivity contribution in [2.45, 2.75) is 12.8 Å². The van der Waals surface area contributed by atoms with E-state index in [1.54, 1.807) is 4.90 Å². The third-order valence-corrected chi connectivity index (χ3v) is 2.36. The van der Waals surface area contributed by atoms with Crippen LogP contribution in [0.1, 0.15) is 12.8 Å². The van der Waals surface area contributed by atoms with Gasteiger partial charge in [-0.05, 0) is 12.8 Å². The number of hydrogen-bond acceptors (Lipinski definition) is 2. The van der Waals surface area contributed by atoms with Crippen LogP contribution in [0.3, 0.4) is 0 Å². The predicted molar refractivity (Wildman–Crippen MR) is 57.0 cm³/mol. The Balaban J connectivity index is 2.60. The SMILES string of the molecule is N=C(N=C(N)N)N1CCCC(C(N)=O)C1. The number of nitrogens with one attached hydrogen (secondary N) is 1. The van der Waals surface area contributed by atoms with Crippen LogP contribution in [-0.2, 0) is 4.79 Å². The van der Waals surface area contributed by atoms with E-state index in [9.17, 15) is 4.79 Å². The molecule has 0 aliphatic carbocycles. The molecule has 0 saturated carbocycles. The normalized spacial score (nSPS) is 20.8. The molecule has 1 aliphatic rings. The fourth-order valence-corrected chi connectivity index (χ4v) is 1.59. The highest BCUT2D eigenvalue weighted by molar-refractivity contribution is 5.92. The second kappa shape index (κ2) is 4.63. The van der Waals surface area contributed by atoms with E-state index in [4.69, 9.17) is 22.6 Å². The lowest BCUT2D eigenvalue weighted by Gasteiger charge is -2.31. The number of carbonyl (C=O) groups is 1. The van der Waals surface area contributed by atoms with Crippen LogP contribution in [0, 0.1) is 11.3 Å². The van der Waals surface area contributed by atoms with Gasteiger partial charge in [-0.25, -0.2) is 0 Å². The first-order chi connectivity index (χ1) is 7.00. The number of hydrogen-bond donors (Lipinski definition) is 4. The summed E-state index contributed by atoms with van der Waals surface area (Å²) in [5.41, 5.74) is 15.5. The highest BCUT2D eigenvalue weighted by Crippen LogP contribution is 2.16. The van der Waals surface area contributed by atoms with Gasteiger partial charge in [0, 0.05) is 13.1 Å². The van der Waals surface area contributed by atoms with Gasteiger partial charge in [0.2, 0.25) is 11.9 Å². The summed E-state index contributed by atoms with van der Waals surface area (Å²) < 4.78 is 0. The first kappa shape index (κ1) is 11.3. The third kappa shape index (κ3) is 3.12. The van der Waals surface area contributed by atoms with Crippen molar-refractivity contribution in [3.63, 3.8) is 0 Å². The maximum Gasteiger partial charge on any atom is 0.222 e. The van der Waals surface area contributed by atoms with Crippen LogP contribution >= 0.6 is 0 Å². The molecule has 0 radical (unpaired) electrons. The average molecular weight is 212 g/mol. The van der Waals surface area contributed by atoms with Gasteiger partial charge >= 0.3 is 0 Å². The lowest BCUT2D eigenvalue weighted by atomic mass is 9.98. The molecule has 0 aromatic rings. The lowest BCUT2D eigenvalue weighted by Crippen LogP contribution is -2.44. The Bertz CT molecular complexity index is 296. The molecule has 84 valence electrons. The number of primary amides is 1. The summed E-state index contributed by atoms with van der Waals surface area (Å²) in [5, 5.41) is 7.57. The molecule has 1 amide bonds. The zero-order valence-electron chi connectivity index (χ0n) is 8.44. The molecule has 1 atom stereocenters. The quantitative estimate of drug-likeness (QED) is 0.307. The zero-order valence-corrected chi connectivity index (χ0v) is 8.44. The molecule has 0 spiro atoms. The van der Waals surface area contributed by atoms with Gasteiger partial charge in [-0.1, -0.05) is 0 Å². The highest BCUT2D eigenvalue weighted by atomic mass is 16.1. The molecular weight excluding hydrogens is 196 g/mol. The second-order valence-electron chi connectivity index (χ2n) is 3.55. The van der Waals surface area contributed by atoms with Crippen LogP contribution in [0.4, 0.5) is 0 Å². The Kier molecular flexibility index (Phi) is 3.48. The van der Waals surface area contributed by atoms with Gasteiger partial charge in [0.05, 0.1) is 5.92 Å². The monoisotopic (exact) mass is 212 g/mol. The minimum atomic E-state index is -0.336. The van der Waals surface area contributed by atoms with Crippen molar-refractivity contribution in [3.05, 3.63) is 0 Å². The molecule has 0 aromatic heterocycles. The third-order valence-electron chi connectivity index (χ3n) is 2.36. The summed E-state index contributed by atoms with van der Waals surface area (Å²) >= 11 is 0. The van der Waals surface area contributed by atoms with E-state index in [0.29, 0.717) is 13.1 Å². The number of amides is 1. The maximum absolute atomic E-state index is 11.0. The van der Waals surface area contributed by atoms with E-state index in [0.717, 1.165) is 12.8 Å². The van der Waals surface area contributed by atoms with E-state index in [2.05, 4.69) is 4.99 Å². The fraction of sp³-hybridized carbons (Fsp3) is 0.625. The van der Waals surface area contributed by atoms with E-state index in [1.807, 2.05) is 0 Å². The van der Waals surface area contributed by atoms with Crippen molar-refractivity contribution in [2.75, 3.05) is 13.1 Å². The molecule has 1 unspecified atom stereocenters.